The summed E-state index contributed by atoms with van der Waals surface area (Å²) in [4.78, 5) is 0. The highest BCUT2D eigenvalue weighted by atomic mass is 16.5. The molecule has 106 valence electrons. The van der Waals surface area contributed by atoms with Crippen LogP contribution in [0.1, 0.15) is 25.0 Å². The van der Waals surface area contributed by atoms with Gasteiger partial charge in [0.1, 0.15) is 0 Å². The minimum absolute atomic E-state index is 0.565. The van der Waals surface area contributed by atoms with Gasteiger partial charge in [-0.15, -0.1) is 0 Å². The number of ether oxygens (including phenoxy) is 1. The molecular weight excluding hydrogens is 246 g/mol. The van der Waals surface area contributed by atoms with Crippen LogP contribution in [-0.2, 0) is 17.9 Å². The van der Waals surface area contributed by atoms with E-state index in [2.05, 4.69) is 50.2 Å². The van der Waals surface area contributed by atoms with Gasteiger partial charge in [0.2, 0.25) is 0 Å². The molecule has 2 heteroatoms. The van der Waals surface area contributed by atoms with E-state index in [0.29, 0.717) is 19.1 Å². The summed E-state index contributed by atoms with van der Waals surface area (Å²) in [6.07, 6.45) is 0. The van der Waals surface area contributed by atoms with E-state index in [0.717, 1.165) is 6.61 Å². The van der Waals surface area contributed by atoms with Gasteiger partial charge in [-0.3, -0.25) is 0 Å². The van der Waals surface area contributed by atoms with Crippen LogP contribution in [0.5, 0.6) is 0 Å². The second-order valence-corrected chi connectivity index (χ2v) is 5.47. The van der Waals surface area contributed by atoms with E-state index >= 15 is 0 Å². The molecule has 0 fully saturated rings. The number of rotatable bonds is 6. The highest BCUT2D eigenvalue weighted by Crippen LogP contribution is 2.23. The molecule has 0 radical (unpaired) electrons. The third kappa shape index (κ3) is 3.92. The Bertz CT molecular complexity index is 531. The van der Waals surface area contributed by atoms with E-state index < -0.39 is 0 Å². The standard InChI is InChI=1S/C18H23NO/c1-14(2)12-20-13-15-7-9-16(10-8-15)18-6-4-3-5-17(18)11-19/h3-10,14H,11-13,19H2,1-2H3. The minimum atomic E-state index is 0.565. The third-order valence-electron chi connectivity index (χ3n) is 3.22. The van der Waals surface area contributed by atoms with Crippen LogP contribution >= 0.6 is 0 Å². The number of nitrogens with two attached hydrogens (primary N) is 1. The van der Waals surface area contributed by atoms with Crippen molar-refractivity contribution in [3.8, 4) is 11.1 Å². The normalized spacial score (nSPS) is 11.0. The molecule has 2 aromatic rings. The first-order chi connectivity index (χ1) is 9.70. The fraction of sp³-hybridized carbons (Fsp3) is 0.333. The summed E-state index contributed by atoms with van der Waals surface area (Å²) in [5.41, 5.74) is 10.6. The van der Waals surface area contributed by atoms with Gasteiger partial charge in [0, 0.05) is 13.2 Å². The van der Waals surface area contributed by atoms with Gasteiger partial charge >= 0.3 is 0 Å². The van der Waals surface area contributed by atoms with Gasteiger partial charge in [-0.25, -0.2) is 0 Å². The van der Waals surface area contributed by atoms with E-state index in [1.165, 1.54) is 22.3 Å². The number of hydrogen-bond acceptors (Lipinski definition) is 2. The van der Waals surface area contributed by atoms with Crippen molar-refractivity contribution in [1.29, 1.82) is 0 Å². The Morgan fingerprint density at radius 1 is 1.00 bits per heavy atom. The Morgan fingerprint density at radius 3 is 2.35 bits per heavy atom. The molecule has 0 heterocycles. The van der Waals surface area contributed by atoms with Crippen molar-refractivity contribution in [2.24, 2.45) is 11.7 Å². The van der Waals surface area contributed by atoms with Crippen molar-refractivity contribution in [1.82, 2.24) is 0 Å². The van der Waals surface area contributed by atoms with E-state index in [9.17, 15) is 0 Å². The SMILES string of the molecule is CC(C)COCc1ccc(-c2ccccc2CN)cc1. The van der Waals surface area contributed by atoms with Crippen molar-refractivity contribution in [3.63, 3.8) is 0 Å². The predicted octanol–water partition coefficient (Wildman–Crippen LogP) is 3.98. The summed E-state index contributed by atoms with van der Waals surface area (Å²) in [5, 5.41) is 0. The van der Waals surface area contributed by atoms with Gasteiger partial charge in [0.05, 0.1) is 6.61 Å². The molecule has 0 aliphatic rings. The second-order valence-electron chi connectivity index (χ2n) is 5.47. The maximum atomic E-state index is 5.79. The number of benzene rings is 2. The largest absolute Gasteiger partial charge is 0.377 e. The van der Waals surface area contributed by atoms with Crippen LogP contribution in [0.15, 0.2) is 48.5 Å². The monoisotopic (exact) mass is 269 g/mol. The quantitative estimate of drug-likeness (QED) is 0.860. The van der Waals surface area contributed by atoms with E-state index in [-0.39, 0.29) is 0 Å². The lowest BCUT2D eigenvalue weighted by Gasteiger charge is -2.10. The lowest BCUT2D eigenvalue weighted by Crippen LogP contribution is -2.02. The zero-order valence-corrected chi connectivity index (χ0v) is 12.3. The van der Waals surface area contributed by atoms with Crippen molar-refractivity contribution >= 4 is 0 Å². The Kier molecular flexibility index (Phi) is 5.33. The molecule has 0 spiro atoms. The third-order valence-corrected chi connectivity index (χ3v) is 3.22. The zero-order valence-electron chi connectivity index (χ0n) is 12.3. The highest BCUT2D eigenvalue weighted by molar-refractivity contribution is 5.67. The van der Waals surface area contributed by atoms with E-state index in [1.807, 2.05) is 12.1 Å². The summed E-state index contributed by atoms with van der Waals surface area (Å²) in [6, 6.07) is 16.8. The van der Waals surface area contributed by atoms with E-state index in [1.54, 1.807) is 0 Å². The Labute approximate surface area is 121 Å². The molecule has 0 atom stereocenters. The van der Waals surface area contributed by atoms with Crippen LogP contribution in [0.3, 0.4) is 0 Å². The summed E-state index contributed by atoms with van der Waals surface area (Å²) in [5.74, 6) is 0.575. The van der Waals surface area contributed by atoms with Crippen molar-refractivity contribution < 1.29 is 4.74 Å². The lowest BCUT2D eigenvalue weighted by molar-refractivity contribution is 0.0971. The van der Waals surface area contributed by atoms with Crippen LogP contribution in [0.2, 0.25) is 0 Å². The summed E-state index contributed by atoms with van der Waals surface area (Å²) in [7, 11) is 0. The number of hydrogen-bond donors (Lipinski definition) is 1. The van der Waals surface area contributed by atoms with Crippen LogP contribution in [0.4, 0.5) is 0 Å². The highest BCUT2D eigenvalue weighted by Gasteiger charge is 2.03. The van der Waals surface area contributed by atoms with Crippen LogP contribution in [-0.4, -0.2) is 6.61 Å². The molecule has 0 saturated carbocycles. The topological polar surface area (TPSA) is 35.2 Å². The molecule has 2 N–H and O–H groups in total. The average molecular weight is 269 g/mol. The van der Waals surface area contributed by atoms with Crippen LogP contribution < -0.4 is 5.73 Å². The second kappa shape index (κ2) is 7.22. The van der Waals surface area contributed by atoms with Crippen molar-refractivity contribution in [2.75, 3.05) is 6.61 Å². The van der Waals surface area contributed by atoms with Crippen molar-refractivity contribution in [3.05, 3.63) is 59.7 Å². The van der Waals surface area contributed by atoms with Crippen LogP contribution in [0, 0.1) is 5.92 Å². The molecule has 0 aliphatic carbocycles. The van der Waals surface area contributed by atoms with Gasteiger partial charge in [0.25, 0.3) is 0 Å². The Morgan fingerprint density at radius 2 is 1.70 bits per heavy atom. The van der Waals surface area contributed by atoms with Crippen molar-refractivity contribution in [2.45, 2.75) is 27.0 Å². The molecule has 0 bridgehead atoms. The predicted molar refractivity (Wildman–Crippen MR) is 84.3 cm³/mol. The first-order valence-electron chi connectivity index (χ1n) is 7.15. The van der Waals surface area contributed by atoms with Gasteiger partial charge in [-0.05, 0) is 28.2 Å². The average Bonchev–Trinajstić information content (AvgIpc) is 2.47. The summed E-state index contributed by atoms with van der Waals surface area (Å²) < 4.78 is 5.65. The zero-order chi connectivity index (χ0) is 14.4. The fourth-order valence-corrected chi connectivity index (χ4v) is 2.17. The fourth-order valence-electron chi connectivity index (χ4n) is 2.17. The minimum Gasteiger partial charge on any atom is -0.377 e. The molecule has 0 aliphatic heterocycles. The molecule has 0 unspecified atom stereocenters. The molecule has 0 amide bonds. The van der Waals surface area contributed by atoms with Gasteiger partial charge in [0.15, 0.2) is 0 Å². The molecule has 2 nitrogen and oxygen atoms in total. The van der Waals surface area contributed by atoms with Gasteiger partial charge in [-0.2, -0.15) is 0 Å². The smallest absolute Gasteiger partial charge is 0.0717 e. The molecule has 20 heavy (non-hydrogen) atoms. The maximum absolute atomic E-state index is 5.79. The lowest BCUT2D eigenvalue weighted by atomic mass is 9.99. The molecule has 0 saturated heterocycles. The van der Waals surface area contributed by atoms with Crippen LogP contribution in [0.25, 0.3) is 11.1 Å². The molecular formula is C18H23NO. The first kappa shape index (κ1) is 14.8. The van der Waals surface area contributed by atoms with E-state index in [4.69, 9.17) is 10.5 Å². The molecule has 0 aromatic heterocycles. The summed E-state index contributed by atoms with van der Waals surface area (Å²) in [6.45, 7) is 6.36. The Hall–Kier alpha value is -1.64. The van der Waals surface area contributed by atoms with Gasteiger partial charge < -0.3 is 10.5 Å². The Balaban J connectivity index is 2.08. The summed E-state index contributed by atoms with van der Waals surface area (Å²) >= 11 is 0. The maximum Gasteiger partial charge on any atom is 0.0717 e. The first-order valence-corrected chi connectivity index (χ1v) is 7.15. The molecule has 2 rings (SSSR count). The van der Waals surface area contributed by atoms with Gasteiger partial charge in [-0.1, -0.05) is 62.4 Å². The molecule has 2 aromatic carbocycles.